The van der Waals surface area contributed by atoms with Gasteiger partial charge in [0, 0.05) is 22.2 Å². The third-order valence-electron chi connectivity index (χ3n) is 6.20. The summed E-state index contributed by atoms with van der Waals surface area (Å²) in [5, 5.41) is 7.66. The molecule has 6 N–H and O–H groups in total. The Morgan fingerprint density at radius 3 is 0.950 bits per heavy atom. The van der Waals surface area contributed by atoms with Crippen LogP contribution in [-0.2, 0) is 0 Å². The van der Waals surface area contributed by atoms with Gasteiger partial charge in [-0.1, -0.05) is 0 Å². The number of hydrogen-bond acceptors (Lipinski definition) is 4. The van der Waals surface area contributed by atoms with Gasteiger partial charge in [0.05, 0.1) is 11.1 Å². The molecule has 0 aromatic carbocycles. The van der Waals surface area contributed by atoms with Gasteiger partial charge >= 0.3 is 0 Å². The Labute approximate surface area is 125 Å². The molecule has 1 aliphatic heterocycles. The molecule has 0 radical (unpaired) electrons. The quantitative estimate of drug-likeness (QED) is 0.623. The minimum atomic E-state index is -0.374. The van der Waals surface area contributed by atoms with Crippen LogP contribution in [0, 0.1) is 0 Å². The van der Waals surface area contributed by atoms with Crippen LogP contribution < -0.4 is 22.1 Å². The second-order valence-corrected chi connectivity index (χ2v) is 9.19. The van der Waals surface area contributed by atoms with Crippen LogP contribution in [0.3, 0.4) is 0 Å². The molecule has 4 nitrogen and oxygen atoms in total. The van der Waals surface area contributed by atoms with Gasteiger partial charge in [0.15, 0.2) is 0 Å². The van der Waals surface area contributed by atoms with E-state index in [1.165, 1.54) is 0 Å². The summed E-state index contributed by atoms with van der Waals surface area (Å²) in [5.74, 6) is 0. The van der Waals surface area contributed by atoms with E-state index in [1.807, 2.05) is 0 Å². The van der Waals surface area contributed by atoms with Crippen molar-refractivity contribution in [1.82, 2.24) is 10.6 Å². The molecule has 0 aliphatic carbocycles. The molecule has 1 aliphatic rings. The summed E-state index contributed by atoms with van der Waals surface area (Å²) in [4.78, 5) is 0. The lowest BCUT2D eigenvalue weighted by Gasteiger charge is -2.69. The van der Waals surface area contributed by atoms with Crippen molar-refractivity contribution in [2.45, 2.75) is 102 Å². The van der Waals surface area contributed by atoms with Crippen LogP contribution in [0.25, 0.3) is 0 Å². The third-order valence-corrected chi connectivity index (χ3v) is 6.20. The van der Waals surface area contributed by atoms with E-state index >= 15 is 0 Å². The topological polar surface area (TPSA) is 76.1 Å². The molecule has 1 saturated heterocycles. The van der Waals surface area contributed by atoms with Gasteiger partial charge in [-0.15, -0.1) is 0 Å². The van der Waals surface area contributed by atoms with Crippen molar-refractivity contribution in [3.05, 3.63) is 0 Å². The first-order chi connectivity index (χ1) is 8.41. The van der Waals surface area contributed by atoms with E-state index in [4.69, 9.17) is 11.5 Å². The lowest BCUT2D eigenvalue weighted by atomic mass is 9.58. The number of nitrogens with two attached hydrogens (primary N) is 2. The first-order valence-corrected chi connectivity index (χ1v) is 7.58. The molecule has 0 amide bonds. The van der Waals surface area contributed by atoms with E-state index < -0.39 is 0 Å². The molecule has 120 valence electrons. The van der Waals surface area contributed by atoms with Crippen LogP contribution >= 0.6 is 0 Å². The van der Waals surface area contributed by atoms with E-state index in [-0.39, 0.29) is 33.2 Å². The Kier molecular flexibility index (Phi) is 3.75. The highest BCUT2D eigenvalue weighted by molar-refractivity contribution is 5.28. The number of nitrogens with one attached hydrogen (secondary N) is 2. The minimum absolute atomic E-state index is 0.202. The van der Waals surface area contributed by atoms with E-state index in [2.05, 4.69) is 79.9 Å². The Balaban J connectivity index is 3.44. The number of piperazine rings is 1. The fourth-order valence-electron chi connectivity index (χ4n) is 3.75. The number of hydrogen-bond donors (Lipinski definition) is 4. The minimum Gasteiger partial charge on any atom is -0.324 e. The second kappa shape index (κ2) is 4.19. The van der Waals surface area contributed by atoms with Gasteiger partial charge in [0.1, 0.15) is 0 Å². The lowest BCUT2D eigenvalue weighted by molar-refractivity contribution is -0.0643. The van der Waals surface area contributed by atoms with E-state index in [0.29, 0.717) is 0 Å². The van der Waals surface area contributed by atoms with Crippen molar-refractivity contribution in [3.63, 3.8) is 0 Å². The molecule has 1 rings (SSSR count). The van der Waals surface area contributed by atoms with Gasteiger partial charge in [0.25, 0.3) is 0 Å². The van der Waals surface area contributed by atoms with Crippen molar-refractivity contribution < 1.29 is 0 Å². The molecular formula is C16H36N4. The molecule has 0 saturated carbocycles. The summed E-state index contributed by atoms with van der Waals surface area (Å²) in [6.07, 6.45) is 0. The van der Waals surface area contributed by atoms with Gasteiger partial charge in [-0.25, -0.2) is 0 Å². The zero-order chi connectivity index (χ0) is 16.4. The first-order valence-electron chi connectivity index (χ1n) is 7.58. The lowest BCUT2D eigenvalue weighted by Crippen LogP contribution is -2.93. The van der Waals surface area contributed by atoms with E-state index in [1.54, 1.807) is 0 Å². The summed E-state index contributed by atoms with van der Waals surface area (Å²) in [6, 6.07) is 0. The van der Waals surface area contributed by atoms with Crippen molar-refractivity contribution in [3.8, 4) is 0 Å². The monoisotopic (exact) mass is 284 g/mol. The van der Waals surface area contributed by atoms with Crippen LogP contribution in [0.1, 0.15) is 69.2 Å². The standard InChI is InChI=1S/C16H36N4/c1-11(2,17)15(9)13(5,6)20-16(10,12(3,4)18)14(7,8)19-15/h19-20H,17-18H2,1-10H3. The SMILES string of the molecule is CC(C)(N)C1(C)NC(C)(C)C(C)(C(C)(C)N)NC1(C)C. The second-order valence-electron chi connectivity index (χ2n) is 9.19. The molecular weight excluding hydrogens is 248 g/mol. The maximum absolute atomic E-state index is 6.51. The molecule has 0 aromatic heterocycles. The average Bonchev–Trinajstić information content (AvgIpc) is 2.09. The predicted octanol–water partition coefficient (Wildman–Crippen LogP) is 1.73. The van der Waals surface area contributed by atoms with Crippen molar-refractivity contribution in [2.24, 2.45) is 11.5 Å². The predicted molar refractivity (Wildman–Crippen MR) is 87.8 cm³/mol. The van der Waals surface area contributed by atoms with Crippen molar-refractivity contribution in [2.75, 3.05) is 0 Å². The number of rotatable bonds is 2. The highest BCUT2D eigenvalue weighted by Gasteiger charge is 2.64. The molecule has 2 atom stereocenters. The third kappa shape index (κ3) is 2.21. The maximum atomic E-state index is 6.51. The molecule has 4 heteroatoms. The molecule has 0 aromatic rings. The largest absolute Gasteiger partial charge is 0.324 e. The molecule has 20 heavy (non-hydrogen) atoms. The summed E-state index contributed by atoms with van der Waals surface area (Å²) < 4.78 is 0. The summed E-state index contributed by atoms with van der Waals surface area (Å²) >= 11 is 0. The Morgan fingerprint density at radius 2 is 0.800 bits per heavy atom. The van der Waals surface area contributed by atoms with E-state index in [9.17, 15) is 0 Å². The summed E-state index contributed by atoms with van der Waals surface area (Å²) in [5.41, 5.74) is 11.3. The molecule has 1 fully saturated rings. The fourth-order valence-corrected chi connectivity index (χ4v) is 3.75. The average molecular weight is 284 g/mol. The van der Waals surface area contributed by atoms with Crippen LogP contribution in [0.5, 0.6) is 0 Å². The normalized spacial score (nSPS) is 37.8. The zero-order valence-corrected chi connectivity index (χ0v) is 15.2. The first kappa shape index (κ1) is 17.9. The highest BCUT2D eigenvalue weighted by atomic mass is 15.3. The van der Waals surface area contributed by atoms with Gasteiger partial charge in [0.2, 0.25) is 0 Å². The molecule has 0 bridgehead atoms. The molecule has 2 unspecified atom stereocenters. The Bertz CT molecular complexity index is 348. The fraction of sp³-hybridized carbons (Fsp3) is 1.00. The van der Waals surface area contributed by atoms with E-state index in [0.717, 1.165) is 0 Å². The van der Waals surface area contributed by atoms with Crippen molar-refractivity contribution in [1.29, 1.82) is 0 Å². The summed E-state index contributed by atoms with van der Waals surface area (Å²) in [7, 11) is 0. The van der Waals surface area contributed by atoms with Crippen LogP contribution in [0.2, 0.25) is 0 Å². The molecule has 1 heterocycles. The molecule has 0 spiro atoms. The zero-order valence-electron chi connectivity index (χ0n) is 15.2. The maximum Gasteiger partial charge on any atom is 0.0511 e. The van der Waals surface area contributed by atoms with Gasteiger partial charge in [-0.05, 0) is 69.2 Å². The van der Waals surface area contributed by atoms with Crippen LogP contribution in [0.4, 0.5) is 0 Å². The van der Waals surface area contributed by atoms with Gasteiger partial charge in [-0.2, -0.15) is 0 Å². The van der Waals surface area contributed by atoms with Gasteiger partial charge in [-0.3, -0.25) is 0 Å². The Morgan fingerprint density at radius 1 is 0.600 bits per heavy atom. The van der Waals surface area contributed by atoms with Crippen LogP contribution in [-0.4, -0.2) is 33.2 Å². The highest BCUT2D eigenvalue weighted by Crippen LogP contribution is 2.44. The van der Waals surface area contributed by atoms with Crippen LogP contribution in [0.15, 0.2) is 0 Å². The summed E-state index contributed by atoms with van der Waals surface area (Å²) in [6.45, 7) is 21.5. The Hall–Kier alpha value is -0.160. The van der Waals surface area contributed by atoms with Gasteiger partial charge < -0.3 is 22.1 Å². The van der Waals surface area contributed by atoms with Crippen molar-refractivity contribution >= 4 is 0 Å². The smallest absolute Gasteiger partial charge is 0.0511 e.